The van der Waals surface area contributed by atoms with E-state index < -0.39 is 0 Å². The van der Waals surface area contributed by atoms with Crippen LogP contribution < -0.4 is 5.32 Å². The average molecular weight is 284 g/mol. The number of ether oxygens (including phenoxy) is 1. The SMILES string of the molecule is CCOC(=O)N1CCC(NCC2CCCC(O)C2)CC1. The summed E-state index contributed by atoms with van der Waals surface area (Å²) in [6.07, 6.45) is 5.99. The van der Waals surface area contributed by atoms with E-state index in [1.54, 1.807) is 4.90 Å². The Morgan fingerprint density at radius 3 is 2.70 bits per heavy atom. The number of carbonyl (C=O) groups is 1. The largest absolute Gasteiger partial charge is 0.450 e. The minimum absolute atomic E-state index is 0.0961. The van der Waals surface area contributed by atoms with Crippen molar-refractivity contribution in [1.29, 1.82) is 0 Å². The predicted molar refractivity (Wildman–Crippen MR) is 77.6 cm³/mol. The summed E-state index contributed by atoms with van der Waals surface area (Å²) in [7, 11) is 0. The molecule has 0 radical (unpaired) electrons. The zero-order valence-electron chi connectivity index (χ0n) is 12.5. The normalized spacial score (nSPS) is 28.4. The number of nitrogens with one attached hydrogen (secondary N) is 1. The summed E-state index contributed by atoms with van der Waals surface area (Å²) in [4.78, 5) is 13.4. The Labute approximate surface area is 121 Å². The van der Waals surface area contributed by atoms with Gasteiger partial charge in [0.15, 0.2) is 0 Å². The molecule has 0 spiro atoms. The molecule has 2 atom stereocenters. The summed E-state index contributed by atoms with van der Waals surface area (Å²) < 4.78 is 5.02. The second-order valence-corrected chi connectivity index (χ2v) is 6.05. The molecule has 1 aliphatic heterocycles. The van der Waals surface area contributed by atoms with Crippen LogP contribution in [0.5, 0.6) is 0 Å². The molecule has 2 rings (SSSR count). The molecule has 2 unspecified atom stereocenters. The monoisotopic (exact) mass is 284 g/mol. The lowest BCUT2D eigenvalue weighted by Crippen LogP contribution is -2.46. The van der Waals surface area contributed by atoms with Gasteiger partial charge in [0, 0.05) is 19.1 Å². The number of hydrogen-bond acceptors (Lipinski definition) is 4. The summed E-state index contributed by atoms with van der Waals surface area (Å²) in [5.74, 6) is 0.613. The zero-order valence-corrected chi connectivity index (χ0v) is 12.5. The first-order chi connectivity index (χ1) is 9.69. The maximum absolute atomic E-state index is 11.6. The van der Waals surface area contributed by atoms with Gasteiger partial charge in [-0.05, 0) is 51.5 Å². The quantitative estimate of drug-likeness (QED) is 0.825. The van der Waals surface area contributed by atoms with E-state index in [9.17, 15) is 9.90 Å². The van der Waals surface area contributed by atoms with Crippen LogP contribution in [0.2, 0.25) is 0 Å². The van der Waals surface area contributed by atoms with Crippen LogP contribution in [-0.4, -0.2) is 54.5 Å². The van der Waals surface area contributed by atoms with E-state index >= 15 is 0 Å². The number of likely N-dealkylation sites (tertiary alicyclic amines) is 1. The van der Waals surface area contributed by atoms with Crippen LogP contribution in [0.1, 0.15) is 45.4 Å². The average Bonchev–Trinajstić information content (AvgIpc) is 2.46. The van der Waals surface area contributed by atoms with E-state index in [0.717, 1.165) is 51.7 Å². The van der Waals surface area contributed by atoms with E-state index in [-0.39, 0.29) is 12.2 Å². The number of piperidine rings is 1. The fraction of sp³-hybridized carbons (Fsp3) is 0.933. The molecule has 116 valence electrons. The highest BCUT2D eigenvalue weighted by molar-refractivity contribution is 5.67. The molecule has 2 N–H and O–H groups in total. The van der Waals surface area contributed by atoms with Crippen molar-refractivity contribution in [2.24, 2.45) is 5.92 Å². The minimum Gasteiger partial charge on any atom is -0.450 e. The first-order valence-corrected chi connectivity index (χ1v) is 8.02. The molecule has 0 aromatic rings. The van der Waals surface area contributed by atoms with Crippen LogP contribution in [0.4, 0.5) is 4.79 Å². The summed E-state index contributed by atoms with van der Waals surface area (Å²) in [6.45, 7) is 4.85. The first kappa shape index (κ1) is 15.6. The number of aliphatic hydroxyl groups excluding tert-OH is 1. The Morgan fingerprint density at radius 2 is 2.05 bits per heavy atom. The van der Waals surface area contributed by atoms with Crippen molar-refractivity contribution < 1.29 is 14.6 Å². The van der Waals surface area contributed by atoms with Crippen molar-refractivity contribution in [3.63, 3.8) is 0 Å². The lowest BCUT2D eigenvalue weighted by Gasteiger charge is -2.33. The van der Waals surface area contributed by atoms with Gasteiger partial charge in [0.05, 0.1) is 12.7 Å². The van der Waals surface area contributed by atoms with Gasteiger partial charge in [-0.25, -0.2) is 4.79 Å². The first-order valence-electron chi connectivity index (χ1n) is 8.02. The van der Waals surface area contributed by atoms with Gasteiger partial charge in [-0.3, -0.25) is 0 Å². The third kappa shape index (κ3) is 4.63. The molecule has 5 heteroatoms. The number of hydrogen-bond donors (Lipinski definition) is 2. The molecule has 5 nitrogen and oxygen atoms in total. The van der Waals surface area contributed by atoms with Crippen LogP contribution in [0.3, 0.4) is 0 Å². The molecule has 1 aliphatic carbocycles. The van der Waals surface area contributed by atoms with Crippen molar-refractivity contribution in [2.75, 3.05) is 26.2 Å². The molecular formula is C15H28N2O3. The Balaban J connectivity index is 1.63. The van der Waals surface area contributed by atoms with Gasteiger partial charge in [0.25, 0.3) is 0 Å². The van der Waals surface area contributed by atoms with E-state index in [4.69, 9.17) is 4.74 Å². The standard InChI is InChI=1S/C15H28N2O3/c1-2-20-15(19)17-8-6-13(7-9-17)16-11-12-4-3-5-14(18)10-12/h12-14,16,18H,2-11H2,1H3. The molecule has 0 bridgehead atoms. The van der Waals surface area contributed by atoms with Crippen LogP contribution in [0.15, 0.2) is 0 Å². The third-order valence-corrected chi connectivity index (χ3v) is 4.47. The summed E-state index contributed by atoms with van der Waals surface area (Å²) >= 11 is 0. The zero-order chi connectivity index (χ0) is 14.4. The Hall–Kier alpha value is -0.810. The molecule has 1 heterocycles. The van der Waals surface area contributed by atoms with Gasteiger partial charge in [0.1, 0.15) is 0 Å². The van der Waals surface area contributed by atoms with E-state index in [1.165, 1.54) is 6.42 Å². The molecule has 1 amide bonds. The van der Waals surface area contributed by atoms with Crippen molar-refractivity contribution >= 4 is 6.09 Å². The van der Waals surface area contributed by atoms with Crippen molar-refractivity contribution in [2.45, 2.75) is 57.6 Å². The number of nitrogens with zero attached hydrogens (tertiary/aromatic N) is 1. The maximum atomic E-state index is 11.6. The summed E-state index contributed by atoms with van der Waals surface area (Å²) in [5, 5.41) is 13.3. The van der Waals surface area contributed by atoms with Crippen LogP contribution >= 0.6 is 0 Å². The topological polar surface area (TPSA) is 61.8 Å². The fourth-order valence-electron chi connectivity index (χ4n) is 3.26. The van der Waals surface area contributed by atoms with Gasteiger partial charge in [-0.15, -0.1) is 0 Å². The molecule has 0 aromatic heterocycles. The highest BCUT2D eigenvalue weighted by Crippen LogP contribution is 2.24. The number of carbonyl (C=O) groups excluding carboxylic acids is 1. The maximum Gasteiger partial charge on any atom is 0.409 e. The molecular weight excluding hydrogens is 256 g/mol. The van der Waals surface area contributed by atoms with Gasteiger partial charge in [0.2, 0.25) is 0 Å². The number of aliphatic hydroxyl groups is 1. The van der Waals surface area contributed by atoms with E-state index in [0.29, 0.717) is 18.6 Å². The van der Waals surface area contributed by atoms with Gasteiger partial charge in [-0.1, -0.05) is 6.42 Å². The summed E-state index contributed by atoms with van der Waals surface area (Å²) in [5.41, 5.74) is 0. The Morgan fingerprint density at radius 1 is 1.30 bits per heavy atom. The summed E-state index contributed by atoms with van der Waals surface area (Å²) in [6, 6.07) is 0.500. The van der Waals surface area contributed by atoms with Crippen molar-refractivity contribution in [3.05, 3.63) is 0 Å². The molecule has 1 saturated heterocycles. The lowest BCUT2D eigenvalue weighted by atomic mass is 9.87. The molecule has 2 aliphatic rings. The van der Waals surface area contributed by atoms with Gasteiger partial charge < -0.3 is 20.1 Å². The van der Waals surface area contributed by atoms with Crippen LogP contribution in [-0.2, 0) is 4.74 Å². The predicted octanol–water partition coefficient (Wildman–Crippen LogP) is 1.75. The second-order valence-electron chi connectivity index (χ2n) is 6.05. The highest BCUT2D eigenvalue weighted by atomic mass is 16.6. The van der Waals surface area contributed by atoms with Crippen LogP contribution in [0.25, 0.3) is 0 Å². The van der Waals surface area contributed by atoms with Gasteiger partial charge >= 0.3 is 6.09 Å². The van der Waals surface area contributed by atoms with Crippen molar-refractivity contribution in [3.8, 4) is 0 Å². The number of rotatable bonds is 4. The minimum atomic E-state index is -0.179. The third-order valence-electron chi connectivity index (χ3n) is 4.47. The van der Waals surface area contributed by atoms with Gasteiger partial charge in [-0.2, -0.15) is 0 Å². The lowest BCUT2D eigenvalue weighted by molar-refractivity contribution is 0.0888. The highest BCUT2D eigenvalue weighted by Gasteiger charge is 2.25. The smallest absolute Gasteiger partial charge is 0.409 e. The van der Waals surface area contributed by atoms with Crippen molar-refractivity contribution in [1.82, 2.24) is 10.2 Å². The second kappa shape index (κ2) is 7.84. The van der Waals surface area contributed by atoms with E-state index in [1.807, 2.05) is 6.92 Å². The molecule has 0 aromatic carbocycles. The molecule has 20 heavy (non-hydrogen) atoms. The van der Waals surface area contributed by atoms with Crippen LogP contribution in [0, 0.1) is 5.92 Å². The van der Waals surface area contributed by atoms with E-state index in [2.05, 4.69) is 5.32 Å². The number of amides is 1. The molecule has 2 fully saturated rings. The Kier molecular flexibility index (Phi) is 6.10. The molecule has 1 saturated carbocycles. The fourth-order valence-corrected chi connectivity index (χ4v) is 3.26. The Bertz CT molecular complexity index is 303.